The Labute approximate surface area is 187 Å². The summed E-state index contributed by atoms with van der Waals surface area (Å²) in [5.74, 6) is 1.07. The summed E-state index contributed by atoms with van der Waals surface area (Å²) < 4.78 is 5.30. The first kappa shape index (κ1) is 20.5. The lowest BCUT2D eigenvalue weighted by molar-refractivity contribution is 0.357. The smallest absolute Gasteiger partial charge is 0.122 e. The maximum Gasteiger partial charge on any atom is 0.122 e. The quantitative estimate of drug-likeness (QED) is 0.240. The van der Waals surface area contributed by atoms with Gasteiger partial charge in [-0.15, -0.1) is 11.6 Å². The lowest BCUT2D eigenvalue weighted by Gasteiger charge is -2.30. The fraction of sp³-hybridized carbons (Fsp3) is 0.111. The lowest BCUT2D eigenvalue weighted by atomic mass is 9.84. The van der Waals surface area contributed by atoms with E-state index >= 15 is 0 Å². The number of fused-ring (bicyclic) bond motifs is 1. The SMILES string of the molecule is Clc1ccccc1C(Cl)(c1ccccc1)c1ccccc1.c1ccc2c(c1)CCO2. The highest BCUT2D eigenvalue weighted by atomic mass is 35.5. The molecule has 0 spiro atoms. The van der Waals surface area contributed by atoms with Gasteiger partial charge in [0.1, 0.15) is 10.6 Å². The number of hydrogen-bond acceptors (Lipinski definition) is 1. The summed E-state index contributed by atoms with van der Waals surface area (Å²) in [5, 5.41) is 0.667. The fourth-order valence-corrected chi connectivity index (χ4v) is 4.42. The molecule has 1 heterocycles. The van der Waals surface area contributed by atoms with Gasteiger partial charge in [0.2, 0.25) is 0 Å². The number of rotatable bonds is 3. The summed E-state index contributed by atoms with van der Waals surface area (Å²) in [6.45, 7) is 0.860. The predicted molar refractivity (Wildman–Crippen MR) is 126 cm³/mol. The normalized spacial score (nSPS) is 12.3. The van der Waals surface area contributed by atoms with Crippen LogP contribution in [-0.4, -0.2) is 6.61 Å². The van der Waals surface area contributed by atoms with Gasteiger partial charge in [0, 0.05) is 17.0 Å². The van der Waals surface area contributed by atoms with Crippen LogP contribution in [0.25, 0.3) is 0 Å². The third-order valence-corrected chi connectivity index (χ3v) is 6.16. The highest BCUT2D eigenvalue weighted by Gasteiger charge is 2.35. The van der Waals surface area contributed by atoms with Gasteiger partial charge >= 0.3 is 0 Å². The Balaban J connectivity index is 0.000000200. The number of alkyl halides is 1. The fourth-order valence-electron chi connectivity index (χ4n) is 3.68. The monoisotopic (exact) mass is 432 g/mol. The minimum atomic E-state index is -0.791. The van der Waals surface area contributed by atoms with Gasteiger partial charge in [-0.05, 0) is 28.8 Å². The van der Waals surface area contributed by atoms with Gasteiger partial charge in [0.15, 0.2) is 0 Å². The Kier molecular flexibility index (Phi) is 6.42. The number of halogens is 2. The molecule has 3 heteroatoms. The maximum absolute atomic E-state index is 7.14. The molecule has 4 aromatic rings. The average Bonchev–Trinajstić information content (AvgIpc) is 3.29. The summed E-state index contributed by atoms with van der Waals surface area (Å²) in [6, 6.07) is 36.0. The maximum atomic E-state index is 7.14. The van der Waals surface area contributed by atoms with Gasteiger partial charge in [-0.3, -0.25) is 0 Å². The van der Waals surface area contributed by atoms with Gasteiger partial charge < -0.3 is 4.74 Å². The summed E-state index contributed by atoms with van der Waals surface area (Å²) in [6.07, 6.45) is 1.08. The Morgan fingerprint density at radius 3 is 1.77 bits per heavy atom. The van der Waals surface area contributed by atoms with Crippen LogP contribution in [0.4, 0.5) is 0 Å². The van der Waals surface area contributed by atoms with Gasteiger partial charge in [-0.1, -0.05) is 109 Å². The van der Waals surface area contributed by atoms with E-state index in [1.165, 1.54) is 5.56 Å². The van der Waals surface area contributed by atoms with E-state index in [0.29, 0.717) is 5.02 Å². The topological polar surface area (TPSA) is 9.23 Å². The van der Waals surface area contributed by atoms with E-state index in [1.54, 1.807) is 0 Å². The molecule has 0 fully saturated rings. The molecule has 1 nitrogen and oxygen atoms in total. The minimum Gasteiger partial charge on any atom is -0.493 e. The molecule has 1 aliphatic rings. The second-order valence-corrected chi connectivity index (χ2v) is 8.05. The van der Waals surface area contributed by atoms with E-state index in [1.807, 2.05) is 103 Å². The van der Waals surface area contributed by atoms with Crippen molar-refractivity contribution < 1.29 is 4.74 Å². The first-order valence-electron chi connectivity index (χ1n) is 9.95. The number of para-hydroxylation sites is 1. The number of benzene rings is 4. The van der Waals surface area contributed by atoms with Crippen LogP contribution in [-0.2, 0) is 11.3 Å². The molecule has 30 heavy (non-hydrogen) atoms. The molecule has 4 aromatic carbocycles. The second-order valence-electron chi connectivity index (χ2n) is 7.08. The Morgan fingerprint density at radius 2 is 1.17 bits per heavy atom. The summed E-state index contributed by atoms with van der Waals surface area (Å²) in [7, 11) is 0. The summed E-state index contributed by atoms with van der Waals surface area (Å²) in [5.41, 5.74) is 4.25. The number of hydrogen-bond donors (Lipinski definition) is 0. The zero-order chi connectivity index (χ0) is 20.8. The molecule has 0 saturated carbocycles. The van der Waals surface area contributed by atoms with Crippen molar-refractivity contribution >= 4 is 23.2 Å². The van der Waals surface area contributed by atoms with Gasteiger partial charge in [-0.2, -0.15) is 0 Å². The molecule has 0 aliphatic carbocycles. The van der Waals surface area contributed by atoms with Crippen LogP contribution in [0.3, 0.4) is 0 Å². The zero-order valence-electron chi connectivity index (χ0n) is 16.5. The zero-order valence-corrected chi connectivity index (χ0v) is 18.0. The van der Waals surface area contributed by atoms with Crippen LogP contribution in [0, 0.1) is 0 Å². The number of ether oxygens (including phenoxy) is 1. The Hall–Kier alpha value is -2.74. The van der Waals surface area contributed by atoms with Crippen LogP contribution >= 0.6 is 23.2 Å². The molecule has 0 atom stereocenters. The molecule has 5 rings (SSSR count). The van der Waals surface area contributed by atoms with Crippen LogP contribution in [0.5, 0.6) is 5.75 Å². The highest BCUT2D eigenvalue weighted by molar-refractivity contribution is 6.34. The Morgan fingerprint density at radius 1 is 0.633 bits per heavy atom. The van der Waals surface area contributed by atoms with E-state index < -0.39 is 4.87 Å². The van der Waals surface area contributed by atoms with Crippen molar-refractivity contribution in [2.75, 3.05) is 6.61 Å². The van der Waals surface area contributed by atoms with E-state index in [4.69, 9.17) is 27.9 Å². The van der Waals surface area contributed by atoms with Crippen molar-refractivity contribution in [1.82, 2.24) is 0 Å². The van der Waals surface area contributed by atoms with E-state index in [9.17, 15) is 0 Å². The molecule has 0 N–H and O–H groups in total. The van der Waals surface area contributed by atoms with Crippen LogP contribution < -0.4 is 4.74 Å². The van der Waals surface area contributed by atoms with Crippen LogP contribution in [0.15, 0.2) is 109 Å². The van der Waals surface area contributed by atoms with Crippen molar-refractivity contribution in [2.45, 2.75) is 11.3 Å². The molecule has 0 saturated heterocycles. The second kappa shape index (κ2) is 9.38. The predicted octanol–water partition coefficient (Wildman–Crippen LogP) is 7.49. The van der Waals surface area contributed by atoms with E-state index in [2.05, 4.69) is 6.07 Å². The molecule has 1 aliphatic heterocycles. The molecule has 0 amide bonds. The molecular formula is C27H22Cl2O. The van der Waals surface area contributed by atoms with Crippen molar-refractivity contribution in [3.63, 3.8) is 0 Å². The van der Waals surface area contributed by atoms with Crippen molar-refractivity contribution in [2.24, 2.45) is 0 Å². The minimum absolute atomic E-state index is 0.667. The van der Waals surface area contributed by atoms with Gasteiger partial charge in [0.05, 0.1) is 6.61 Å². The third-order valence-electron chi connectivity index (χ3n) is 5.19. The van der Waals surface area contributed by atoms with E-state index in [-0.39, 0.29) is 0 Å². The summed E-state index contributed by atoms with van der Waals surface area (Å²) in [4.78, 5) is -0.791. The molecular weight excluding hydrogens is 411 g/mol. The molecule has 0 aromatic heterocycles. The molecule has 0 unspecified atom stereocenters. The highest BCUT2D eigenvalue weighted by Crippen LogP contribution is 2.45. The molecule has 150 valence electrons. The lowest BCUT2D eigenvalue weighted by Crippen LogP contribution is -2.22. The van der Waals surface area contributed by atoms with Gasteiger partial charge in [0.25, 0.3) is 0 Å². The largest absolute Gasteiger partial charge is 0.493 e. The first-order valence-corrected chi connectivity index (χ1v) is 10.7. The Bertz CT molecular complexity index is 1030. The van der Waals surface area contributed by atoms with Crippen LogP contribution in [0.1, 0.15) is 22.3 Å². The third kappa shape index (κ3) is 4.23. The van der Waals surface area contributed by atoms with Gasteiger partial charge in [-0.25, -0.2) is 0 Å². The molecule has 0 radical (unpaired) electrons. The van der Waals surface area contributed by atoms with Crippen molar-refractivity contribution in [3.05, 3.63) is 136 Å². The standard InChI is InChI=1S/C19H14Cl2.C8H8O/c20-18-14-8-7-13-17(18)19(21,15-9-3-1-4-10-15)16-11-5-2-6-12-16;1-2-4-8-7(3-1)5-6-9-8/h1-14H;1-4H,5-6H2. The van der Waals surface area contributed by atoms with Crippen molar-refractivity contribution in [3.8, 4) is 5.75 Å². The van der Waals surface area contributed by atoms with Crippen molar-refractivity contribution in [1.29, 1.82) is 0 Å². The first-order chi connectivity index (χ1) is 14.7. The van der Waals surface area contributed by atoms with E-state index in [0.717, 1.165) is 35.5 Å². The van der Waals surface area contributed by atoms with Crippen LogP contribution in [0.2, 0.25) is 5.02 Å². The average molecular weight is 433 g/mol. The molecule has 0 bridgehead atoms. The summed E-state index contributed by atoms with van der Waals surface area (Å²) >= 11 is 13.6.